The van der Waals surface area contributed by atoms with Gasteiger partial charge in [0.25, 0.3) is 5.82 Å². The zero-order chi connectivity index (χ0) is 21.3. The third-order valence-electron chi connectivity index (χ3n) is 4.84. The lowest BCUT2D eigenvalue weighted by atomic mass is 9.94. The van der Waals surface area contributed by atoms with Crippen molar-refractivity contribution in [2.75, 3.05) is 4.90 Å². The summed E-state index contributed by atoms with van der Waals surface area (Å²) in [5, 5.41) is 0.194. The molecule has 6 heteroatoms. The van der Waals surface area contributed by atoms with E-state index in [-0.39, 0.29) is 22.8 Å². The van der Waals surface area contributed by atoms with Crippen molar-refractivity contribution < 1.29 is 14.2 Å². The number of nitrogens with zero attached hydrogens (tertiary/aromatic N) is 3. The van der Waals surface area contributed by atoms with Crippen molar-refractivity contribution in [3.63, 3.8) is 0 Å². The molecule has 30 heavy (non-hydrogen) atoms. The Kier molecular flexibility index (Phi) is 5.35. The van der Waals surface area contributed by atoms with Crippen LogP contribution in [0.2, 0.25) is 5.02 Å². The van der Waals surface area contributed by atoms with E-state index < -0.39 is 11.9 Å². The summed E-state index contributed by atoms with van der Waals surface area (Å²) in [7, 11) is 0. The number of anilines is 1. The molecule has 2 heterocycles. The first kappa shape index (κ1) is 19.8. The van der Waals surface area contributed by atoms with Gasteiger partial charge in [0.05, 0.1) is 6.04 Å². The Hall–Kier alpha value is -3.49. The standard InChI is InChI=1S/C24H19ClN3O2/c1-16(2)27-21-11-7-6-10-19(21)23(29)28(24(27)30)22-20(25)14-18(15-26-22)13-12-17-8-4-3-5-9-17/h3-11,14-16,19H,1-2H3/q+1. The Morgan fingerprint density at radius 2 is 1.83 bits per heavy atom. The molecule has 0 N–H and O–H groups in total. The molecular weight excluding hydrogens is 398 g/mol. The number of hydrogen-bond donors (Lipinski definition) is 0. The van der Waals surface area contributed by atoms with E-state index in [9.17, 15) is 9.59 Å². The second kappa shape index (κ2) is 8.10. The molecule has 1 unspecified atom stereocenters. The summed E-state index contributed by atoms with van der Waals surface area (Å²) in [6, 6.07) is 10.6. The van der Waals surface area contributed by atoms with E-state index >= 15 is 0 Å². The molecule has 5 nitrogen and oxygen atoms in total. The number of pyridine rings is 1. The molecule has 1 aromatic heterocycles. The van der Waals surface area contributed by atoms with Crippen molar-refractivity contribution in [3.05, 3.63) is 83.0 Å². The number of aromatic nitrogens is 1. The van der Waals surface area contributed by atoms with Gasteiger partial charge in [0.15, 0.2) is 0 Å². The summed E-state index contributed by atoms with van der Waals surface area (Å²) < 4.78 is 1.60. The Morgan fingerprint density at radius 1 is 1.10 bits per heavy atom. The number of fused-ring (bicyclic) bond motifs is 1. The van der Waals surface area contributed by atoms with Gasteiger partial charge in [0.1, 0.15) is 16.7 Å². The van der Waals surface area contributed by atoms with Crippen LogP contribution in [0, 0.1) is 17.8 Å². The molecule has 1 aromatic carbocycles. The smallest absolute Gasteiger partial charge is 0.245 e. The summed E-state index contributed by atoms with van der Waals surface area (Å²) >= 11 is 6.44. The normalized spacial score (nSPS) is 17.9. The SMILES string of the molecule is CC(C)[N+]1=C2C=CC=CC2C(=O)N(c2ncc(C#Cc3ccccc3)cc2Cl)C1=O. The summed E-state index contributed by atoms with van der Waals surface area (Å²) in [5.74, 6) is 5.24. The fourth-order valence-corrected chi connectivity index (χ4v) is 3.72. The highest BCUT2D eigenvalue weighted by Gasteiger charge is 2.50. The largest absolute Gasteiger partial charge is 0.507 e. The van der Waals surface area contributed by atoms with E-state index in [1.165, 1.54) is 6.20 Å². The lowest BCUT2D eigenvalue weighted by Crippen LogP contribution is -2.56. The van der Waals surface area contributed by atoms with Crippen LogP contribution in [0.1, 0.15) is 25.0 Å². The van der Waals surface area contributed by atoms with Crippen LogP contribution in [-0.4, -0.2) is 33.3 Å². The minimum Gasteiger partial charge on any atom is -0.245 e. The van der Waals surface area contributed by atoms with E-state index in [4.69, 9.17) is 11.6 Å². The molecule has 2 aliphatic rings. The van der Waals surface area contributed by atoms with Crippen LogP contribution >= 0.6 is 11.6 Å². The molecule has 148 valence electrons. The molecule has 0 saturated heterocycles. The highest BCUT2D eigenvalue weighted by Crippen LogP contribution is 2.30. The number of benzene rings is 1. The number of rotatable bonds is 2. The number of amides is 3. The Balaban J connectivity index is 1.72. The fourth-order valence-electron chi connectivity index (χ4n) is 3.47. The van der Waals surface area contributed by atoms with Gasteiger partial charge in [-0.25, -0.2) is 9.78 Å². The highest BCUT2D eigenvalue weighted by atomic mass is 35.5. The number of urea groups is 1. The van der Waals surface area contributed by atoms with Gasteiger partial charge in [0.2, 0.25) is 0 Å². The molecule has 1 aliphatic carbocycles. The number of allylic oxidation sites excluding steroid dienone is 3. The first-order valence-electron chi connectivity index (χ1n) is 9.59. The quantitative estimate of drug-likeness (QED) is 0.544. The van der Waals surface area contributed by atoms with Crippen molar-refractivity contribution in [2.45, 2.75) is 19.9 Å². The lowest BCUT2D eigenvalue weighted by molar-refractivity contribution is -0.463. The van der Waals surface area contributed by atoms with Crippen LogP contribution in [0.25, 0.3) is 0 Å². The summed E-state index contributed by atoms with van der Waals surface area (Å²) in [5.41, 5.74) is 2.13. The second-order valence-corrected chi connectivity index (χ2v) is 7.62. The highest BCUT2D eigenvalue weighted by molar-refractivity contribution is 6.35. The number of hydrogen-bond acceptors (Lipinski definition) is 3. The van der Waals surface area contributed by atoms with E-state index in [1.54, 1.807) is 28.9 Å². The molecule has 1 aliphatic heterocycles. The number of halogens is 1. The van der Waals surface area contributed by atoms with Gasteiger partial charge in [0, 0.05) is 17.3 Å². The van der Waals surface area contributed by atoms with Crippen molar-refractivity contribution in [1.29, 1.82) is 0 Å². The summed E-state index contributed by atoms with van der Waals surface area (Å²) in [6.07, 6.45) is 8.72. The van der Waals surface area contributed by atoms with Crippen LogP contribution in [0.5, 0.6) is 0 Å². The van der Waals surface area contributed by atoms with E-state index in [0.29, 0.717) is 11.3 Å². The van der Waals surface area contributed by atoms with Crippen LogP contribution in [0.3, 0.4) is 0 Å². The van der Waals surface area contributed by atoms with Gasteiger partial charge in [-0.05, 0) is 38.1 Å². The average molecular weight is 417 g/mol. The maximum Gasteiger partial charge on any atom is 0.507 e. The van der Waals surface area contributed by atoms with Gasteiger partial charge < -0.3 is 0 Å². The minimum atomic E-state index is -0.550. The van der Waals surface area contributed by atoms with E-state index in [1.807, 2.05) is 50.3 Å². The Labute approximate surface area is 180 Å². The van der Waals surface area contributed by atoms with Gasteiger partial charge in [-0.1, -0.05) is 59.9 Å². The molecule has 0 fully saturated rings. The Morgan fingerprint density at radius 3 is 2.53 bits per heavy atom. The van der Waals surface area contributed by atoms with Gasteiger partial charge in [-0.3, -0.25) is 0 Å². The molecule has 2 aromatic rings. The van der Waals surface area contributed by atoms with Crippen LogP contribution in [-0.2, 0) is 4.79 Å². The van der Waals surface area contributed by atoms with Gasteiger partial charge >= 0.3 is 11.9 Å². The summed E-state index contributed by atoms with van der Waals surface area (Å²) in [4.78, 5) is 31.7. The monoisotopic (exact) mass is 416 g/mol. The lowest BCUT2D eigenvalue weighted by Gasteiger charge is -2.27. The number of carbonyl (C=O) groups excluding carboxylic acids is 2. The molecule has 0 radical (unpaired) electrons. The second-order valence-electron chi connectivity index (χ2n) is 7.21. The van der Waals surface area contributed by atoms with E-state index in [2.05, 4.69) is 16.8 Å². The number of carbonyl (C=O) groups is 2. The maximum atomic E-state index is 13.2. The third-order valence-corrected chi connectivity index (χ3v) is 5.12. The molecule has 0 bridgehead atoms. The van der Waals surface area contributed by atoms with Crippen molar-refractivity contribution in [1.82, 2.24) is 4.98 Å². The first-order chi connectivity index (χ1) is 14.5. The van der Waals surface area contributed by atoms with Crippen molar-refractivity contribution >= 4 is 35.1 Å². The molecule has 0 spiro atoms. The molecule has 1 atom stereocenters. The molecule has 0 saturated carbocycles. The molecule has 4 rings (SSSR count). The zero-order valence-electron chi connectivity index (χ0n) is 16.5. The van der Waals surface area contributed by atoms with Crippen LogP contribution in [0.15, 0.2) is 66.9 Å². The van der Waals surface area contributed by atoms with Crippen molar-refractivity contribution in [2.24, 2.45) is 5.92 Å². The first-order valence-corrected chi connectivity index (χ1v) is 9.96. The summed E-state index contributed by atoms with van der Waals surface area (Å²) in [6.45, 7) is 3.80. The Bertz CT molecular complexity index is 1180. The average Bonchev–Trinajstić information content (AvgIpc) is 2.74. The third kappa shape index (κ3) is 3.58. The molecule has 3 amide bonds. The maximum absolute atomic E-state index is 13.2. The van der Waals surface area contributed by atoms with Crippen molar-refractivity contribution in [3.8, 4) is 11.8 Å². The fraction of sp³-hybridized carbons (Fsp3) is 0.167. The van der Waals surface area contributed by atoms with E-state index in [0.717, 1.165) is 10.5 Å². The van der Waals surface area contributed by atoms with Gasteiger partial charge in [-0.15, -0.1) is 4.90 Å². The topological polar surface area (TPSA) is 53.3 Å². The predicted octanol–water partition coefficient (Wildman–Crippen LogP) is 4.21. The zero-order valence-corrected chi connectivity index (χ0v) is 17.3. The van der Waals surface area contributed by atoms with Crippen LogP contribution < -0.4 is 4.90 Å². The van der Waals surface area contributed by atoms with Gasteiger partial charge in [-0.2, -0.15) is 9.37 Å². The van der Waals surface area contributed by atoms with Crippen LogP contribution in [0.4, 0.5) is 10.6 Å². The number of imide groups is 1. The molecular formula is C24H19ClN3O2+. The predicted molar refractivity (Wildman–Crippen MR) is 117 cm³/mol. The minimum absolute atomic E-state index is 0.115.